The van der Waals surface area contributed by atoms with E-state index in [4.69, 9.17) is 4.42 Å². The van der Waals surface area contributed by atoms with Crippen molar-refractivity contribution < 1.29 is 12.8 Å². The molecule has 3 aromatic rings. The average Bonchev–Trinajstić information content (AvgIpc) is 2.88. The first kappa shape index (κ1) is 16.3. The van der Waals surface area contributed by atoms with Crippen molar-refractivity contribution in [3.8, 4) is 11.1 Å². The number of aromatic nitrogens is 2. The van der Waals surface area contributed by atoms with E-state index in [0.29, 0.717) is 23.3 Å². The molecule has 0 saturated carbocycles. The second kappa shape index (κ2) is 6.12. The Morgan fingerprint density at radius 3 is 2.67 bits per heavy atom. The highest BCUT2D eigenvalue weighted by Crippen LogP contribution is 2.25. The van der Waals surface area contributed by atoms with Crippen LogP contribution in [-0.4, -0.2) is 23.7 Å². The standard InChI is InChI=1S/C16H17N3O4S/c1-3-19-14-8-11(5-6-15(14)23-16(19)20)12-7-13(10-17-9-12)18-24(21,22)4-2/h5-10,18H,3-4H2,1-2H3. The minimum atomic E-state index is -3.36. The molecule has 8 heteroatoms. The number of fused-ring (bicyclic) bond motifs is 1. The zero-order chi connectivity index (χ0) is 17.3. The van der Waals surface area contributed by atoms with Crippen LogP contribution >= 0.6 is 0 Å². The average molecular weight is 347 g/mol. The molecule has 0 spiro atoms. The van der Waals surface area contributed by atoms with Crippen molar-refractivity contribution in [1.82, 2.24) is 9.55 Å². The molecule has 126 valence electrons. The number of sulfonamides is 1. The van der Waals surface area contributed by atoms with Gasteiger partial charge in [0, 0.05) is 18.3 Å². The van der Waals surface area contributed by atoms with Crippen LogP contribution in [0.15, 0.2) is 45.9 Å². The summed E-state index contributed by atoms with van der Waals surface area (Å²) in [5.41, 5.74) is 3.16. The molecule has 2 aromatic heterocycles. The Morgan fingerprint density at radius 1 is 1.17 bits per heavy atom. The maximum absolute atomic E-state index is 11.8. The third-order valence-electron chi connectivity index (χ3n) is 3.71. The number of nitrogens with one attached hydrogen (secondary N) is 1. The summed E-state index contributed by atoms with van der Waals surface area (Å²) in [5.74, 6) is -0.409. The van der Waals surface area contributed by atoms with E-state index >= 15 is 0 Å². The second-order valence-corrected chi connectivity index (χ2v) is 7.27. The molecule has 0 bridgehead atoms. The molecule has 0 fully saturated rings. The second-order valence-electron chi connectivity index (χ2n) is 5.26. The number of hydrogen-bond acceptors (Lipinski definition) is 5. The van der Waals surface area contributed by atoms with E-state index in [-0.39, 0.29) is 5.75 Å². The van der Waals surface area contributed by atoms with Crippen molar-refractivity contribution in [1.29, 1.82) is 0 Å². The van der Waals surface area contributed by atoms with Crippen LogP contribution in [0.1, 0.15) is 13.8 Å². The van der Waals surface area contributed by atoms with Gasteiger partial charge in [-0.3, -0.25) is 14.3 Å². The molecule has 0 aliphatic heterocycles. The van der Waals surface area contributed by atoms with Crippen molar-refractivity contribution in [3.63, 3.8) is 0 Å². The molecule has 1 aromatic carbocycles. The smallest absolute Gasteiger partial charge is 0.408 e. The number of nitrogens with zero attached hydrogens (tertiary/aromatic N) is 2. The third-order valence-corrected chi connectivity index (χ3v) is 5.02. The van der Waals surface area contributed by atoms with Crippen LogP contribution in [0.5, 0.6) is 0 Å². The first-order valence-corrected chi connectivity index (χ1v) is 9.18. The Labute approximate surface area is 139 Å². The monoisotopic (exact) mass is 347 g/mol. The van der Waals surface area contributed by atoms with E-state index in [2.05, 4.69) is 9.71 Å². The molecular weight excluding hydrogens is 330 g/mol. The summed E-state index contributed by atoms with van der Waals surface area (Å²) in [6, 6.07) is 7.07. The van der Waals surface area contributed by atoms with Crippen LogP contribution in [0.2, 0.25) is 0 Å². The van der Waals surface area contributed by atoms with Gasteiger partial charge in [-0.25, -0.2) is 13.2 Å². The normalized spacial score (nSPS) is 11.8. The Bertz CT molecular complexity index is 1050. The van der Waals surface area contributed by atoms with E-state index in [9.17, 15) is 13.2 Å². The summed E-state index contributed by atoms with van der Waals surface area (Å²) in [7, 11) is -3.36. The van der Waals surface area contributed by atoms with E-state index < -0.39 is 15.8 Å². The Hall–Kier alpha value is -2.61. The largest absolute Gasteiger partial charge is 0.419 e. The van der Waals surface area contributed by atoms with E-state index in [0.717, 1.165) is 11.1 Å². The van der Waals surface area contributed by atoms with Gasteiger partial charge in [0.05, 0.1) is 23.2 Å². The quantitative estimate of drug-likeness (QED) is 0.765. The van der Waals surface area contributed by atoms with Crippen LogP contribution in [0.3, 0.4) is 0 Å². The number of hydrogen-bond donors (Lipinski definition) is 1. The van der Waals surface area contributed by atoms with Gasteiger partial charge in [0.1, 0.15) is 0 Å². The fourth-order valence-corrected chi connectivity index (χ4v) is 3.06. The lowest BCUT2D eigenvalue weighted by Gasteiger charge is -2.08. The van der Waals surface area contributed by atoms with Gasteiger partial charge in [-0.15, -0.1) is 0 Å². The van der Waals surface area contributed by atoms with Gasteiger partial charge in [-0.2, -0.15) is 0 Å². The lowest BCUT2D eigenvalue weighted by atomic mass is 10.1. The summed E-state index contributed by atoms with van der Waals surface area (Å²) >= 11 is 0. The highest BCUT2D eigenvalue weighted by molar-refractivity contribution is 7.92. The van der Waals surface area contributed by atoms with E-state index in [1.54, 1.807) is 31.3 Å². The summed E-state index contributed by atoms with van der Waals surface area (Å²) < 4.78 is 32.6. The lowest BCUT2D eigenvalue weighted by Crippen LogP contribution is -2.14. The molecule has 0 atom stereocenters. The fraction of sp³-hybridized carbons (Fsp3) is 0.250. The molecule has 1 N–H and O–H groups in total. The van der Waals surface area contributed by atoms with E-state index in [1.807, 2.05) is 13.0 Å². The number of oxazole rings is 1. The predicted molar refractivity (Wildman–Crippen MR) is 92.5 cm³/mol. The maximum atomic E-state index is 11.8. The fourth-order valence-electron chi connectivity index (χ4n) is 2.45. The molecule has 24 heavy (non-hydrogen) atoms. The van der Waals surface area contributed by atoms with Crippen LogP contribution < -0.4 is 10.5 Å². The van der Waals surface area contributed by atoms with Crippen LogP contribution in [0.4, 0.5) is 5.69 Å². The topological polar surface area (TPSA) is 94.2 Å². The van der Waals surface area contributed by atoms with Crippen molar-refractivity contribution in [2.75, 3.05) is 10.5 Å². The van der Waals surface area contributed by atoms with Crippen molar-refractivity contribution in [2.24, 2.45) is 0 Å². The zero-order valence-electron chi connectivity index (χ0n) is 13.3. The van der Waals surface area contributed by atoms with Gasteiger partial charge in [-0.1, -0.05) is 6.07 Å². The first-order chi connectivity index (χ1) is 11.4. The lowest BCUT2D eigenvalue weighted by molar-refractivity contribution is 0.513. The van der Waals surface area contributed by atoms with Crippen molar-refractivity contribution >= 4 is 26.8 Å². The Morgan fingerprint density at radius 2 is 1.96 bits per heavy atom. The van der Waals surface area contributed by atoms with Gasteiger partial charge in [-0.05, 0) is 37.6 Å². The van der Waals surface area contributed by atoms with Gasteiger partial charge >= 0.3 is 5.76 Å². The van der Waals surface area contributed by atoms with Crippen LogP contribution in [-0.2, 0) is 16.6 Å². The molecule has 0 radical (unpaired) electrons. The molecular formula is C16H17N3O4S. The number of rotatable bonds is 5. The Kier molecular flexibility index (Phi) is 4.15. The van der Waals surface area contributed by atoms with Gasteiger partial charge in [0.15, 0.2) is 5.58 Å². The molecule has 3 rings (SSSR count). The summed E-state index contributed by atoms with van der Waals surface area (Å²) in [6.07, 6.45) is 3.09. The van der Waals surface area contributed by atoms with Crippen LogP contribution in [0, 0.1) is 0 Å². The van der Waals surface area contributed by atoms with Gasteiger partial charge in [0.2, 0.25) is 10.0 Å². The molecule has 0 unspecified atom stereocenters. The SMILES string of the molecule is CCn1c(=O)oc2ccc(-c3cncc(NS(=O)(=O)CC)c3)cc21. The molecule has 7 nitrogen and oxygen atoms in total. The summed E-state index contributed by atoms with van der Waals surface area (Å²) in [5, 5.41) is 0. The molecule has 2 heterocycles. The maximum Gasteiger partial charge on any atom is 0.419 e. The van der Waals surface area contributed by atoms with Crippen LogP contribution in [0.25, 0.3) is 22.2 Å². The summed E-state index contributed by atoms with van der Waals surface area (Å²) in [6.45, 7) is 3.94. The predicted octanol–water partition coefficient (Wildman–Crippen LogP) is 2.44. The minimum absolute atomic E-state index is 0.0129. The number of anilines is 1. The molecule has 0 amide bonds. The number of aryl methyl sites for hydroxylation is 1. The first-order valence-electron chi connectivity index (χ1n) is 7.53. The summed E-state index contributed by atoms with van der Waals surface area (Å²) in [4.78, 5) is 15.9. The van der Waals surface area contributed by atoms with Gasteiger partial charge in [0.25, 0.3) is 0 Å². The van der Waals surface area contributed by atoms with Crippen molar-refractivity contribution in [3.05, 3.63) is 47.2 Å². The number of pyridine rings is 1. The van der Waals surface area contributed by atoms with Gasteiger partial charge < -0.3 is 4.42 Å². The third kappa shape index (κ3) is 3.05. The van der Waals surface area contributed by atoms with Crippen molar-refractivity contribution in [2.45, 2.75) is 20.4 Å². The highest BCUT2D eigenvalue weighted by Gasteiger charge is 2.11. The minimum Gasteiger partial charge on any atom is -0.408 e. The van der Waals surface area contributed by atoms with E-state index in [1.165, 1.54) is 10.8 Å². The zero-order valence-corrected chi connectivity index (χ0v) is 14.1. The Balaban J connectivity index is 2.06. The molecule has 0 saturated heterocycles. The highest BCUT2D eigenvalue weighted by atomic mass is 32.2. The molecule has 0 aliphatic rings. The molecule has 0 aliphatic carbocycles. The number of benzene rings is 1.